The monoisotopic (exact) mass is 290 g/mol. The predicted molar refractivity (Wildman–Crippen MR) is 73.1 cm³/mol. The predicted octanol–water partition coefficient (Wildman–Crippen LogP) is 1.85. The molecule has 1 aromatic carbocycles. The van der Waals surface area contributed by atoms with Gasteiger partial charge in [0.2, 0.25) is 5.91 Å². The second-order valence-electron chi connectivity index (χ2n) is 3.72. The molecule has 1 aromatic rings. The zero-order valence-corrected chi connectivity index (χ0v) is 11.6. The van der Waals surface area contributed by atoms with Crippen molar-refractivity contribution in [2.75, 3.05) is 26.8 Å². The van der Waals surface area contributed by atoms with Crippen LogP contribution in [0.4, 0.5) is 0 Å². The fourth-order valence-corrected chi connectivity index (χ4v) is 1.96. The summed E-state index contributed by atoms with van der Waals surface area (Å²) in [6.45, 7) is 1.81. The first-order valence-corrected chi connectivity index (χ1v) is 6.28. The first-order valence-electron chi connectivity index (χ1n) is 5.53. The molecule has 0 aliphatic heterocycles. The van der Waals surface area contributed by atoms with Crippen molar-refractivity contribution in [3.05, 3.63) is 33.8 Å². The highest BCUT2D eigenvalue weighted by atomic mass is 35.5. The minimum atomic E-state index is -0.0693. The molecule has 0 aliphatic carbocycles. The number of amides is 1. The standard InChI is InChI=1S/C12H16Cl2N2O2/c1-18-3-2-16-12(17)8-15-7-9-4-10(13)6-11(14)5-9/h4-6,15H,2-3,7-8H2,1H3,(H,16,17). The molecule has 0 unspecified atom stereocenters. The summed E-state index contributed by atoms with van der Waals surface area (Å²) >= 11 is 11.7. The molecule has 1 rings (SSSR count). The van der Waals surface area contributed by atoms with E-state index < -0.39 is 0 Å². The van der Waals surface area contributed by atoms with Gasteiger partial charge in [-0.2, -0.15) is 0 Å². The highest BCUT2D eigenvalue weighted by molar-refractivity contribution is 6.34. The Morgan fingerprint density at radius 2 is 1.94 bits per heavy atom. The van der Waals surface area contributed by atoms with Crippen LogP contribution < -0.4 is 10.6 Å². The highest BCUT2D eigenvalue weighted by Crippen LogP contribution is 2.18. The number of ether oxygens (including phenoxy) is 1. The summed E-state index contributed by atoms with van der Waals surface area (Å²) in [4.78, 5) is 11.4. The Hall–Kier alpha value is -0.810. The molecule has 0 saturated carbocycles. The molecular weight excluding hydrogens is 275 g/mol. The fourth-order valence-electron chi connectivity index (χ4n) is 1.39. The minimum Gasteiger partial charge on any atom is -0.383 e. The van der Waals surface area contributed by atoms with Gasteiger partial charge in [0.15, 0.2) is 0 Å². The van der Waals surface area contributed by atoms with E-state index in [-0.39, 0.29) is 12.5 Å². The number of carbonyl (C=O) groups is 1. The Kier molecular flexibility index (Phi) is 7.05. The average molecular weight is 291 g/mol. The molecule has 0 heterocycles. The number of hydrogen-bond donors (Lipinski definition) is 2. The Bertz CT molecular complexity index is 379. The summed E-state index contributed by atoms with van der Waals surface area (Å²) in [7, 11) is 1.59. The van der Waals surface area contributed by atoms with Crippen LogP contribution in [0.5, 0.6) is 0 Å². The average Bonchev–Trinajstić information content (AvgIpc) is 2.28. The van der Waals surface area contributed by atoms with Gasteiger partial charge in [0.05, 0.1) is 13.2 Å². The lowest BCUT2D eigenvalue weighted by molar-refractivity contribution is -0.120. The Labute approximate surface area is 117 Å². The van der Waals surface area contributed by atoms with E-state index in [0.29, 0.717) is 29.7 Å². The van der Waals surface area contributed by atoms with Crippen molar-refractivity contribution in [2.24, 2.45) is 0 Å². The summed E-state index contributed by atoms with van der Waals surface area (Å²) < 4.78 is 4.83. The molecule has 18 heavy (non-hydrogen) atoms. The van der Waals surface area contributed by atoms with Gasteiger partial charge in [0.1, 0.15) is 0 Å². The number of nitrogens with one attached hydrogen (secondary N) is 2. The van der Waals surface area contributed by atoms with Gasteiger partial charge in [-0.1, -0.05) is 23.2 Å². The van der Waals surface area contributed by atoms with Crippen LogP contribution in [0.15, 0.2) is 18.2 Å². The molecule has 0 atom stereocenters. The van der Waals surface area contributed by atoms with Crippen molar-refractivity contribution in [2.45, 2.75) is 6.54 Å². The Morgan fingerprint density at radius 1 is 1.28 bits per heavy atom. The third-order valence-electron chi connectivity index (χ3n) is 2.17. The lowest BCUT2D eigenvalue weighted by Gasteiger charge is -2.07. The quantitative estimate of drug-likeness (QED) is 0.754. The zero-order valence-electron chi connectivity index (χ0n) is 10.1. The lowest BCUT2D eigenvalue weighted by atomic mass is 10.2. The first kappa shape index (κ1) is 15.2. The summed E-state index contributed by atoms with van der Waals surface area (Å²) in [5.41, 5.74) is 0.942. The molecule has 4 nitrogen and oxygen atoms in total. The van der Waals surface area contributed by atoms with Gasteiger partial charge in [0.25, 0.3) is 0 Å². The van der Waals surface area contributed by atoms with Crippen molar-refractivity contribution in [1.29, 1.82) is 0 Å². The van der Waals surface area contributed by atoms with E-state index in [1.54, 1.807) is 13.2 Å². The molecule has 0 radical (unpaired) electrons. The van der Waals surface area contributed by atoms with Gasteiger partial charge < -0.3 is 15.4 Å². The highest BCUT2D eigenvalue weighted by Gasteiger charge is 2.01. The molecule has 0 spiro atoms. The molecule has 0 aromatic heterocycles. The molecule has 6 heteroatoms. The topological polar surface area (TPSA) is 50.4 Å². The summed E-state index contributed by atoms with van der Waals surface area (Å²) in [6.07, 6.45) is 0. The number of rotatable bonds is 7. The number of halogens is 2. The van der Waals surface area contributed by atoms with E-state index in [1.807, 2.05) is 12.1 Å². The van der Waals surface area contributed by atoms with E-state index >= 15 is 0 Å². The Balaban J connectivity index is 2.26. The molecule has 0 bridgehead atoms. The third-order valence-corrected chi connectivity index (χ3v) is 2.60. The SMILES string of the molecule is COCCNC(=O)CNCc1cc(Cl)cc(Cl)c1. The second-order valence-corrected chi connectivity index (χ2v) is 4.60. The van der Waals surface area contributed by atoms with Gasteiger partial charge in [-0.15, -0.1) is 0 Å². The molecular formula is C12H16Cl2N2O2. The molecule has 0 saturated heterocycles. The number of carbonyl (C=O) groups excluding carboxylic acids is 1. The van der Waals surface area contributed by atoms with Crippen molar-refractivity contribution in [3.8, 4) is 0 Å². The molecule has 100 valence electrons. The van der Waals surface area contributed by atoms with Gasteiger partial charge in [0, 0.05) is 30.2 Å². The van der Waals surface area contributed by atoms with Gasteiger partial charge >= 0.3 is 0 Å². The maximum Gasteiger partial charge on any atom is 0.234 e. The fraction of sp³-hybridized carbons (Fsp3) is 0.417. The van der Waals surface area contributed by atoms with Crippen molar-refractivity contribution < 1.29 is 9.53 Å². The van der Waals surface area contributed by atoms with Crippen LogP contribution in [0.2, 0.25) is 10.0 Å². The first-order chi connectivity index (χ1) is 8.61. The van der Waals surface area contributed by atoms with E-state index in [9.17, 15) is 4.79 Å². The summed E-state index contributed by atoms with van der Waals surface area (Å²) in [6, 6.07) is 5.29. The number of methoxy groups -OCH3 is 1. The van der Waals surface area contributed by atoms with Crippen LogP contribution in [-0.4, -0.2) is 32.7 Å². The van der Waals surface area contributed by atoms with Crippen LogP contribution in [0.3, 0.4) is 0 Å². The summed E-state index contributed by atoms with van der Waals surface area (Å²) in [5, 5.41) is 6.90. The summed E-state index contributed by atoms with van der Waals surface area (Å²) in [5.74, 6) is -0.0693. The molecule has 0 fully saturated rings. The molecule has 2 N–H and O–H groups in total. The normalized spacial score (nSPS) is 10.4. The van der Waals surface area contributed by atoms with E-state index in [2.05, 4.69) is 10.6 Å². The van der Waals surface area contributed by atoms with Crippen molar-refractivity contribution in [3.63, 3.8) is 0 Å². The van der Waals surface area contributed by atoms with Gasteiger partial charge in [-0.05, 0) is 23.8 Å². The third kappa shape index (κ3) is 6.21. The lowest BCUT2D eigenvalue weighted by Crippen LogP contribution is -2.35. The smallest absolute Gasteiger partial charge is 0.234 e. The number of benzene rings is 1. The largest absolute Gasteiger partial charge is 0.383 e. The molecule has 1 amide bonds. The van der Waals surface area contributed by atoms with Crippen molar-refractivity contribution >= 4 is 29.1 Å². The van der Waals surface area contributed by atoms with Crippen LogP contribution in [0.1, 0.15) is 5.56 Å². The van der Waals surface area contributed by atoms with E-state index in [0.717, 1.165) is 5.56 Å². The maximum absolute atomic E-state index is 11.4. The minimum absolute atomic E-state index is 0.0693. The van der Waals surface area contributed by atoms with Crippen LogP contribution in [-0.2, 0) is 16.1 Å². The maximum atomic E-state index is 11.4. The number of hydrogen-bond acceptors (Lipinski definition) is 3. The van der Waals surface area contributed by atoms with E-state index in [4.69, 9.17) is 27.9 Å². The van der Waals surface area contributed by atoms with Gasteiger partial charge in [-0.3, -0.25) is 4.79 Å². The Morgan fingerprint density at radius 3 is 2.56 bits per heavy atom. The van der Waals surface area contributed by atoms with E-state index in [1.165, 1.54) is 0 Å². The van der Waals surface area contributed by atoms with Crippen LogP contribution in [0, 0.1) is 0 Å². The van der Waals surface area contributed by atoms with Crippen LogP contribution in [0.25, 0.3) is 0 Å². The van der Waals surface area contributed by atoms with Gasteiger partial charge in [-0.25, -0.2) is 0 Å². The zero-order chi connectivity index (χ0) is 13.4. The van der Waals surface area contributed by atoms with Crippen molar-refractivity contribution in [1.82, 2.24) is 10.6 Å². The molecule has 0 aliphatic rings. The van der Waals surface area contributed by atoms with Crippen LogP contribution >= 0.6 is 23.2 Å². The second kappa shape index (κ2) is 8.32.